The first-order valence-corrected chi connectivity index (χ1v) is 15.6. The second-order valence-electron chi connectivity index (χ2n) is 10.6. The van der Waals surface area contributed by atoms with Gasteiger partial charge in [-0.25, -0.2) is 9.37 Å². The second kappa shape index (κ2) is 16.6. The van der Waals surface area contributed by atoms with Gasteiger partial charge in [-0.05, 0) is 92.4 Å². The predicted octanol–water partition coefficient (Wildman–Crippen LogP) is 7.33. The van der Waals surface area contributed by atoms with Gasteiger partial charge in [-0.2, -0.15) is 0 Å². The number of amides is 1. The van der Waals surface area contributed by atoms with Gasteiger partial charge in [-0.3, -0.25) is 14.8 Å². The SMILES string of the molecule is CCO.COCCN(C=O)Cc1ccc(-c2cc3nccc(C)c3s2)nc1.Cc1ccc2nc(Nc3ccc(C)c(F)c3)[nH]c2c1. The molecule has 1 amide bonds. The number of pyridine rings is 2. The van der Waals surface area contributed by atoms with Crippen molar-refractivity contribution in [2.75, 3.05) is 32.2 Å². The van der Waals surface area contributed by atoms with Gasteiger partial charge < -0.3 is 25.0 Å². The zero-order valence-corrected chi connectivity index (χ0v) is 27.5. The molecule has 6 rings (SSSR count). The normalized spacial score (nSPS) is 10.6. The highest BCUT2D eigenvalue weighted by atomic mass is 32.1. The van der Waals surface area contributed by atoms with Crippen LogP contribution in [0.4, 0.5) is 16.0 Å². The molecule has 4 aromatic heterocycles. The highest BCUT2D eigenvalue weighted by molar-refractivity contribution is 7.22. The average Bonchev–Trinajstić information content (AvgIpc) is 3.66. The number of hydrogen-bond acceptors (Lipinski definition) is 8. The second-order valence-corrected chi connectivity index (χ2v) is 11.6. The van der Waals surface area contributed by atoms with Crippen LogP contribution in [0.5, 0.6) is 0 Å². The van der Waals surface area contributed by atoms with Crippen molar-refractivity contribution in [1.82, 2.24) is 24.8 Å². The molecule has 6 aromatic rings. The van der Waals surface area contributed by atoms with E-state index in [2.05, 4.69) is 38.2 Å². The molecule has 4 heterocycles. The van der Waals surface area contributed by atoms with Gasteiger partial charge in [0.1, 0.15) is 5.82 Å². The molecule has 0 aliphatic rings. The topological polar surface area (TPSA) is 116 Å². The summed E-state index contributed by atoms with van der Waals surface area (Å²) in [6, 6.07) is 19.1. The van der Waals surface area contributed by atoms with E-state index in [4.69, 9.17) is 9.84 Å². The van der Waals surface area contributed by atoms with E-state index in [-0.39, 0.29) is 12.4 Å². The number of imidazole rings is 1. The van der Waals surface area contributed by atoms with Crippen LogP contribution in [0.1, 0.15) is 29.2 Å². The summed E-state index contributed by atoms with van der Waals surface area (Å²) < 4.78 is 19.7. The molecule has 0 spiro atoms. The number of aromatic amines is 1. The van der Waals surface area contributed by atoms with E-state index in [0.29, 0.717) is 36.9 Å². The van der Waals surface area contributed by atoms with Crippen molar-refractivity contribution in [1.29, 1.82) is 0 Å². The van der Waals surface area contributed by atoms with E-state index in [0.717, 1.165) is 39.1 Å². The number of H-pyrrole nitrogens is 1. The number of carbonyl (C=O) groups excluding carboxylic acids is 1. The Bertz CT molecular complexity index is 1870. The van der Waals surface area contributed by atoms with E-state index in [1.165, 1.54) is 21.9 Å². The van der Waals surface area contributed by atoms with Gasteiger partial charge in [0.25, 0.3) is 0 Å². The number of nitrogens with zero attached hydrogens (tertiary/aromatic N) is 4. The van der Waals surface area contributed by atoms with E-state index < -0.39 is 0 Å². The molecule has 0 bridgehead atoms. The number of carbonyl (C=O) groups is 1. The first-order chi connectivity index (χ1) is 22.2. The summed E-state index contributed by atoms with van der Waals surface area (Å²) in [4.78, 5) is 30.4. The summed E-state index contributed by atoms with van der Waals surface area (Å²) in [6.07, 6.45) is 4.50. The number of hydrogen-bond donors (Lipinski definition) is 3. The molecule has 0 atom stereocenters. The number of thiophene rings is 1. The summed E-state index contributed by atoms with van der Waals surface area (Å²) in [5.74, 6) is 0.390. The molecule has 46 heavy (non-hydrogen) atoms. The van der Waals surface area contributed by atoms with Crippen LogP contribution >= 0.6 is 11.3 Å². The Balaban J connectivity index is 0.000000197. The van der Waals surface area contributed by atoms with Gasteiger partial charge >= 0.3 is 0 Å². The summed E-state index contributed by atoms with van der Waals surface area (Å²) in [6.45, 7) is 9.43. The number of benzene rings is 2. The van der Waals surface area contributed by atoms with Crippen molar-refractivity contribution < 1.29 is 19.0 Å². The molecule has 0 unspecified atom stereocenters. The number of anilines is 2. The Morgan fingerprint density at radius 2 is 1.83 bits per heavy atom. The summed E-state index contributed by atoms with van der Waals surface area (Å²) in [7, 11) is 1.63. The van der Waals surface area contributed by atoms with E-state index in [1.54, 1.807) is 43.3 Å². The number of aromatic nitrogens is 4. The molecule has 3 N–H and O–H groups in total. The third kappa shape index (κ3) is 9.16. The van der Waals surface area contributed by atoms with Gasteiger partial charge in [-0.15, -0.1) is 11.3 Å². The van der Waals surface area contributed by atoms with E-state index >= 15 is 0 Å². The van der Waals surface area contributed by atoms with Crippen LogP contribution in [0.15, 0.2) is 73.1 Å². The maximum Gasteiger partial charge on any atom is 0.210 e. The molecule has 0 aliphatic heterocycles. The molecule has 11 heteroatoms. The van der Waals surface area contributed by atoms with E-state index in [9.17, 15) is 9.18 Å². The van der Waals surface area contributed by atoms with Gasteiger partial charge in [0.05, 0.1) is 38.4 Å². The highest BCUT2D eigenvalue weighted by Gasteiger charge is 2.10. The number of methoxy groups -OCH3 is 1. The molecule has 0 saturated heterocycles. The zero-order chi connectivity index (χ0) is 33.1. The van der Waals surface area contributed by atoms with Crippen LogP contribution in [0.2, 0.25) is 0 Å². The Hall–Kier alpha value is -4.71. The zero-order valence-electron chi connectivity index (χ0n) is 26.7. The number of aliphatic hydroxyl groups is 1. The lowest BCUT2D eigenvalue weighted by Gasteiger charge is -2.16. The molecule has 9 nitrogen and oxygen atoms in total. The average molecular weight is 643 g/mol. The molecular weight excluding hydrogens is 603 g/mol. The third-order valence-corrected chi connectivity index (χ3v) is 8.16. The molecule has 240 valence electrons. The number of halogens is 1. The van der Waals surface area contributed by atoms with Crippen molar-refractivity contribution in [3.63, 3.8) is 0 Å². The maximum atomic E-state index is 13.5. The summed E-state index contributed by atoms with van der Waals surface area (Å²) in [5.41, 5.74) is 8.50. The predicted molar refractivity (Wildman–Crippen MR) is 184 cm³/mol. The number of aliphatic hydroxyl groups excluding tert-OH is 1. The van der Waals surface area contributed by atoms with Gasteiger partial charge in [0.15, 0.2) is 0 Å². The fraction of sp³-hybridized carbons (Fsp3) is 0.257. The van der Waals surface area contributed by atoms with Crippen molar-refractivity contribution in [3.05, 3.63) is 101 Å². The number of fused-ring (bicyclic) bond motifs is 2. The van der Waals surface area contributed by atoms with Crippen LogP contribution in [-0.2, 0) is 16.1 Å². The van der Waals surface area contributed by atoms with Crippen molar-refractivity contribution in [2.24, 2.45) is 0 Å². The number of aryl methyl sites for hydroxylation is 3. The Kier molecular flexibility index (Phi) is 12.3. The Morgan fingerprint density at radius 1 is 1.02 bits per heavy atom. The van der Waals surface area contributed by atoms with Crippen molar-refractivity contribution >= 4 is 50.6 Å². The van der Waals surface area contributed by atoms with Crippen molar-refractivity contribution in [3.8, 4) is 10.6 Å². The van der Waals surface area contributed by atoms with Crippen LogP contribution in [0.25, 0.3) is 31.8 Å². The number of ether oxygens (including phenoxy) is 1. The summed E-state index contributed by atoms with van der Waals surface area (Å²) >= 11 is 1.70. The van der Waals surface area contributed by atoms with Crippen molar-refractivity contribution in [2.45, 2.75) is 34.2 Å². The number of nitrogens with one attached hydrogen (secondary N) is 2. The molecular formula is C35H39FN6O3S. The van der Waals surface area contributed by atoms with Gasteiger partial charge in [0.2, 0.25) is 12.4 Å². The summed E-state index contributed by atoms with van der Waals surface area (Å²) in [5, 5.41) is 10.6. The molecule has 0 fully saturated rings. The standard InChI is InChI=1S/C18H19N3O2S.C15H14FN3.C2H6O/c1-13-5-6-19-16-9-17(24-18(13)16)15-4-3-14(10-20-15)11-21(12-22)7-8-23-2;1-9-3-6-13-14(7-9)19-15(18-13)17-11-5-4-10(2)12(16)8-11;1-2-3/h3-6,9-10,12H,7-8,11H2,1-2H3;3-8H,1-2H3,(H2,17,18,19);3H,2H2,1H3. The minimum absolute atomic E-state index is 0.225. The highest BCUT2D eigenvalue weighted by Crippen LogP contribution is 2.33. The lowest BCUT2D eigenvalue weighted by molar-refractivity contribution is -0.119. The minimum Gasteiger partial charge on any atom is -0.397 e. The van der Waals surface area contributed by atoms with E-state index in [1.807, 2.05) is 61.8 Å². The quantitative estimate of drug-likeness (QED) is 0.141. The number of rotatable bonds is 9. The smallest absolute Gasteiger partial charge is 0.210 e. The Labute approximate surface area is 272 Å². The van der Waals surface area contributed by atoms with Crippen LogP contribution < -0.4 is 5.32 Å². The fourth-order valence-corrected chi connectivity index (χ4v) is 5.52. The molecule has 0 radical (unpaired) electrons. The molecule has 0 saturated carbocycles. The van der Waals surface area contributed by atoms with Crippen LogP contribution in [0, 0.1) is 26.6 Å². The first kappa shape index (κ1) is 34.2. The fourth-order valence-electron chi connectivity index (χ4n) is 4.46. The first-order valence-electron chi connectivity index (χ1n) is 14.8. The molecule has 0 aliphatic carbocycles. The Morgan fingerprint density at radius 3 is 2.50 bits per heavy atom. The van der Waals surface area contributed by atoms with Gasteiger partial charge in [0, 0.05) is 44.9 Å². The lowest BCUT2D eigenvalue weighted by atomic mass is 10.2. The monoisotopic (exact) mass is 642 g/mol. The molecule has 2 aromatic carbocycles. The van der Waals surface area contributed by atoms with Crippen LogP contribution in [-0.4, -0.2) is 63.2 Å². The van der Waals surface area contributed by atoms with Gasteiger partial charge in [-0.1, -0.05) is 18.2 Å². The lowest BCUT2D eigenvalue weighted by Crippen LogP contribution is -2.25. The minimum atomic E-state index is -0.225. The largest absolute Gasteiger partial charge is 0.397 e. The maximum absolute atomic E-state index is 13.5. The van der Waals surface area contributed by atoms with Crippen LogP contribution in [0.3, 0.4) is 0 Å². The third-order valence-electron chi connectivity index (χ3n) is 6.88.